The van der Waals surface area contributed by atoms with Crippen molar-refractivity contribution in [2.24, 2.45) is 0 Å². The standard InChI is InChI=1S/C10H17NO2S/c1-7-3-4-14-10(7)8(2)11-9(5-12)6-13/h3-4,8-9,11-13H,5-6H2,1-2H3/t8-/m1/s1. The van der Waals surface area contributed by atoms with Crippen molar-refractivity contribution < 1.29 is 10.2 Å². The summed E-state index contributed by atoms with van der Waals surface area (Å²) in [5, 5.41) is 23.1. The van der Waals surface area contributed by atoms with E-state index in [1.54, 1.807) is 11.3 Å². The number of aliphatic hydroxyl groups is 2. The maximum Gasteiger partial charge on any atom is 0.0607 e. The number of thiophene rings is 1. The van der Waals surface area contributed by atoms with Gasteiger partial charge in [-0.3, -0.25) is 0 Å². The van der Waals surface area contributed by atoms with E-state index in [1.165, 1.54) is 10.4 Å². The summed E-state index contributed by atoms with van der Waals surface area (Å²) >= 11 is 1.69. The van der Waals surface area contributed by atoms with Crippen LogP contribution in [0.2, 0.25) is 0 Å². The molecule has 0 saturated carbocycles. The Kier molecular flexibility index (Phi) is 4.54. The van der Waals surface area contributed by atoms with E-state index in [1.807, 2.05) is 6.92 Å². The molecule has 0 saturated heterocycles. The van der Waals surface area contributed by atoms with Crippen molar-refractivity contribution in [1.82, 2.24) is 5.32 Å². The quantitative estimate of drug-likeness (QED) is 0.688. The number of hydrogen-bond acceptors (Lipinski definition) is 4. The molecular formula is C10H17NO2S. The third-order valence-electron chi connectivity index (χ3n) is 2.22. The molecule has 0 unspecified atom stereocenters. The highest BCUT2D eigenvalue weighted by Crippen LogP contribution is 2.23. The summed E-state index contributed by atoms with van der Waals surface area (Å²) in [4.78, 5) is 1.26. The average molecular weight is 215 g/mol. The lowest BCUT2D eigenvalue weighted by Crippen LogP contribution is -2.37. The van der Waals surface area contributed by atoms with Crippen molar-refractivity contribution in [1.29, 1.82) is 0 Å². The number of aliphatic hydroxyl groups excluding tert-OH is 2. The van der Waals surface area contributed by atoms with Gasteiger partial charge in [-0.15, -0.1) is 11.3 Å². The average Bonchev–Trinajstić information content (AvgIpc) is 2.60. The van der Waals surface area contributed by atoms with Crippen molar-refractivity contribution in [2.45, 2.75) is 25.9 Å². The molecule has 1 rings (SSSR count). The Labute approximate surface area is 88.4 Å². The molecule has 0 bridgehead atoms. The minimum absolute atomic E-state index is 0.0364. The topological polar surface area (TPSA) is 52.5 Å². The molecule has 3 N–H and O–H groups in total. The largest absolute Gasteiger partial charge is 0.395 e. The lowest BCUT2D eigenvalue weighted by Gasteiger charge is -2.19. The maximum atomic E-state index is 8.92. The molecule has 0 radical (unpaired) electrons. The first-order chi connectivity index (χ1) is 6.69. The smallest absolute Gasteiger partial charge is 0.0607 e. The van der Waals surface area contributed by atoms with E-state index in [9.17, 15) is 0 Å². The molecule has 14 heavy (non-hydrogen) atoms. The molecule has 0 amide bonds. The molecule has 0 aliphatic rings. The fourth-order valence-corrected chi connectivity index (χ4v) is 2.37. The summed E-state index contributed by atoms with van der Waals surface area (Å²) in [5.41, 5.74) is 1.25. The van der Waals surface area contributed by atoms with Crippen LogP contribution in [0.1, 0.15) is 23.4 Å². The highest BCUT2D eigenvalue weighted by atomic mass is 32.1. The van der Waals surface area contributed by atoms with Gasteiger partial charge in [0.25, 0.3) is 0 Å². The Morgan fingerprint density at radius 1 is 1.43 bits per heavy atom. The maximum absolute atomic E-state index is 8.92. The van der Waals surface area contributed by atoms with Crippen LogP contribution in [0, 0.1) is 6.92 Å². The molecule has 3 nitrogen and oxygen atoms in total. The van der Waals surface area contributed by atoms with E-state index in [0.29, 0.717) is 0 Å². The minimum atomic E-state index is -0.230. The first-order valence-corrected chi connectivity index (χ1v) is 5.58. The number of aryl methyl sites for hydroxylation is 1. The summed E-state index contributed by atoms with van der Waals surface area (Å²) < 4.78 is 0. The lowest BCUT2D eigenvalue weighted by atomic mass is 10.1. The van der Waals surface area contributed by atoms with Crippen LogP contribution >= 0.6 is 11.3 Å². The van der Waals surface area contributed by atoms with E-state index in [0.717, 1.165) is 0 Å². The second-order valence-corrected chi connectivity index (χ2v) is 4.37. The van der Waals surface area contributed by atoms with Gasteiger partial charge in [0.05, 0.1) is 19.3 Å². The monoisotopic (exact) mass is 215 g/mol. The van der Waals surface area contributed by atoms with Crippen molar-refractivity contribution in [3.63, 3.8) is 0 Å². The SMILES string of the molecule is Cc1ccsc1[C@@H](C)NC(CO)CO. The Hall–Kier alpha value is -0.420. The van der Waals surface area contributed by atoms with E-state index in [-0.39, 0.29) is 25.3 Å². The zero-order chi connectivity index (χ0) is 10.6. The van der Waals surface area contributed by atoms with E-state index in [4.69, 9.17) is 10.2 Å². The molecule has 0 aliphatic heterocycles. The molecule has 80 valence electrons. The second-order valence-electron chi connectivity index (χ2n) is 3.42. The summed E-state index contributed by atoms with van der Waals surface area (Å²) in [6.07, 6.45) is 0. The van der Waals surface area contributed by atoms with Crippen LogP contribution in [0.25, 0.3) is 0 Å². The predicted octanol–water partition coefficient (Wildman–Crippen LogP) is 1.06. The van der Waals surface area contributed by atoms with E-state index < -0.39 is 0 Å². The summed E-state index contributed by atoms with van der Waals surface area (Å²) in [7, 11) is 0. The van der Waals surface area contributed by atoms with Crippen LogP contribution in [-0.4, -0.2) is 29.5 Å². The van der Waals surface area contributed by atoms with Crippen molar-refractivity contribution in [3.05, 3.63) is 21.9 Å². The third-order valence-corrected chi connectivity index (χ3v) is 3.42. The molecule has 0 aromatic carbocycles. The number of hydrogen-bond donors (Lipinski definition) is 3. The first kappa shape index (κ1) is 11.7. The van der Waals surface area contributed by atoms with Crippen LogP contribution in [-0.2, 0) is 0 Å². The Morgan fingerprint density at radius 2 is 2.07 bits per heavy atom. The normalized spacial score (nSPS) is 13.5. The molecule has 1 aromatic rings. The van der Waals surface area contributed by atoms with E-state index >= 15 is 0 Å². The van der Waals surface area contributed by atoms with Gasteiger partial charge in [0, 0.05) is 10.9 Å². The molecule has 1 heterocycles. The molecule has 0 aliphatic carbocycles. The fourth-order valence-electron chi connectivity index (χ4n) is 1.42. The molecule has 0 fully saturated rings. The Bertz CT molecular complexity index is 271. The van der Waals surface area contributed by atoms with Gasteiger partial charge in [-0.05, 0) is 30.9 Å². The lowest BCUT2D eigenvalue weighted by molar-refractivity contribution is 0.164. The van der Waals surface area contributed by atoms with Gasteiger partial charge in [0.1, 0.15) is 0 Å². The zero-order valence-electron chi connectivity index (χ0n) is 8.53. The minimum Gasteiger partial charge on any atom is -0.395 e. The zero-order valence-corrected chi connectivity index (χ0v) is 9.34. The molecule has 1 aromatic heterocycles. The molecule has 1 atom stereocenters. The Morgan fingerprint density at radius 3 is 2.50 bits per heavy atom. The fraction of sp³-hybridized carbons (Fsp3) is 0.600. The van der Waals surface area contributed by atoms with Gasteiger partial charge in [-0.1, -0.05) is 0 Å². The number of rotatable bonds is 5. The van der Waals surface area contributed by atoms with Gasteiger partial charge in [-0.2, -0.15) is 0 Å². The highest BCUT2D eigenvalue weighted by Gasteiger charge is 2.13. The van der Waals surface area contributed by atoms with Crippen molar-refractivity contribution >= 4 is 11.3 Å². The predicted molar refractivity (Wildman–Crippen MR) is 58.6 cm³/mol. The van der Waals surface area contributed by atoms with Crippen LogP contribution < -0.4 is 5.32 Å². The van der Waals surface area contributed by atoms with Gasteiger partial charge >= 0.3 is 0 Å². The highest BCUT2D eigenvalue weighted by molar-refractivity contribution is 7.10. The third kappa shape index (κ3) is 2.78. The van der Waals surface area contributed by atoms with Crippen molar-refractivity contribution in [3.8, 4) is 0 Å². The summed E-state index contributed by atoms with van der Waals surface area (Å²) in [6.45, 7) is 4.03. The second kappa shape index (κ2) is 5.46. The number of nitrogens with one attached hydrogen (secondary N) is 1. The molecule has 4 heteroatoms. The van der Waals surface area contributed by atoms with Crippen LogP contribution in [0.5, 0.6) is 0 Å². The summed E-state index contributed by atoms with van der Waals surface area (Å²) in [6, 6.07) is 2.02. The van der Waals surface area contributed by atoms with Crippen LogP contribution in [0.4, 0.5) is 0 Å². The summed E-state index contributed by atoms with van der Waals surface area (Å²) in [5.74, 6) is 0. The first-order valence-electron chi connectivity index (χ1n) is 4.70. The molecular weight excluding hydrogens is 198 g/mol. The van der Waals surface area contributed by atoms with Gasteiger partial charge < -0.3 is 15.5 Å². The van der Waals surface area contributed by atoms with Crippen molar-refractivity contribution in [2.75, 3.05) is 13.2 Å². The van der Waals surface area contributed by atoms with Gasteiger partial charge in [-0.25, -0.2) is 0 Å². The Balaban J connectivity index is 2.58. The van der Waals surface area contributed by atoms with Gasteiger partial charge in [0.15, 0.2) is 0 Å². The van der Waals surface area contributed by atoms with Crippen LogP contribution in [0.15, 0.2) is 11.4 Å². The van der Waals surface area contributed by atoms with E-state index in [2.05, 4.69) is 23.7 Å². The molecule has 0 spiro atoms. The van der Waals surface area contributed by atoms with Gasteiger partial charge in [0.2, 0.25) is 0 Å². The van der Waals surface area contributed by atoms with Crippen LogP contribution in [0.3, 0.4) is 0 Å².